The fourth-order valence-corrected chi connectivity index (χ4v) is 2.44. The van der Waals surface area contributed by atoms with Crippen LogP contribution in [0.1, 0.15) is 52.9 Å². The third-order valence-corrected chi connectivity index (χ3v) is 3.85. The van der Waals surface area contributed by atoms with E-state index in [9.17, 15) is 0 Å². The summed E-state index contributed by atoms with van der Waals surface area (Å²) in [6, 6.07) is 0.230. The van der Waals surface area contributed by atoms with Gasteiger partial charge in [0.25, 0.3) is 0 Å². The molecule has 0 saturated heterocycles. The lowest BCUT2D eigenvalue weighted by Gasteiger charge is -2.19. The first kappa shape index (κ1) is 16.7. The Balaban J connectivity index is 2.49. The van der Waals surface area contributed by atoms with E-state index >= 15 is 0 Å². The van der Waals surface area contributed by atoms with Gasteiger partial charge in [-0.1, -0.05) is 44.2 Å². The van der Waals surface area contributed by atoms with Crippen LogP contribution in [0.4, 0.5) is 0 Å². The van der Waals surface area contributed by atoms with Crippen LogP contribution in [0.5, 0.6) is 0 Å². The highest BCUT2D eigenvalue weighted by molar-refractivity contribution is 5.97. The third kappa shape index (κ3) is 5.77. The lowest BCUT2D eigenvalue weighted by molar-refractivity contribution is 0.521. The second kappa shape index (κ2) is 8.78. The van der Waals surface area contributed by atoms with Crippen molar-refractivity contribution in [2.75, 3.05) is 6.54 Å². The van der Waals surface area contributed by atoms with Gasteiger partial charge in [-0.25, -0.2) is 0 Å². The van der Waals surface area contributed by atoms with Gasteiger partial charge >= 0.3 is 0 Å². The van der Waals surface area contributed by atoms with Crippen molar-refractivity contribution >= 4 is 5.71 Å². The number of allylic oxidation sites excluding steroid dienone is 2. The van der Waals surface area contributed by atoms with Crippen molar-refractivity contribution in [3.05, 3.63) is 36.6 Å². The van der Waals surface area contributed by atoms with Crippen LogP contribution in [-0.2, 0) is 0 Å². The predicted molar refractivity (Wildman–Crippen MR) is 90.2 cm³/mol. The number of nitrogens with zero attached hydrogens (tertiary/aromatic N) is 1. The number of nitrogens with one attached hydrogen (secondary N) is 1. The summed E-state index contributed by atoms with van der Waals surface area (Å²) in [4.78, 5) is 4.77. The van der Waals surface area contributed by atoms with Gasteiger partial charge in [0, 0.05) is 12.2 Å². The molecular formula is C18H30N2. The van der Waals surface area contributed by atoms with E-state index in [2.05, 4.69) is 44.5 Å². The summed E-state index contributed by atoms with van der Waals surface area (Å²) in [6.45, 7) is 15.4. The summed E-state index contributed by atoms with van der Waals surface area (Å²) in [5.41, 5.74) is 3.09. The first-order valence-electron chi connectivity index (χ1n) is 7.84. The minimum absolute atomic E-state index is 0.230. The Morgan fingerprint density at radius 2 is 2.15 bits per heavy atom. The third-order valence-electron chi connectivity index (χ3n) is 3.85. The molecule has 0 amide bonds. The van der Waals surface area contributed by atoms with Crippen molar-refractivity contribution in [1.82, 2.24) is 5.32 Å². The van der Waals surface area contributed by atoms with Gasteiger partial charge in [-0.3, -0.25) is 4.99 Å². The second-order valence-corrected chi connectivity index (χ2v) is 5.84. The van der Waals surface area contributed by atoms with E-state index in [4.69, 9.17) is 4.99 Å². The van der Waals surface area contributed by atoms with Crippen LogP contribution in [-0.4, -0.2) is 18.3 Å². The molecule has 0 fully saturated rings. The Bertz CT molecular complexity index is 390. The van der Waals surface area contributed by atoms with Gasteiger partial charge in [-0.2, -0.15) is 0 Å². The molecule has 1 N–H and O–H groups in total. The zero-order chi connectivity index (χ0) is 15.0. The highest BCUT2D eigenvalue weighted by Gasteiger charge is 2.11. The number of hydrogen-bond donors (Lipinski definition) is 1. The molecular weight excluding hydrogens is 244 g/mol. The van der Waals surface area contributed by atoms with Gasteiger partial charge in [0.05, 0.1) is 11.8 Å². The summed E-state index contributed by atoms with van der Waals surface area (Å²) in [5, 5.41) is 3.43. The number of hydrogen-bond acceptors (Lipinski definition) is 2. The molecule has 1 aliphatic carbocycles. The predicted octanol–water partition coefficient (Wildman–Crippen LogP) is 4.65. The van der Waals surface area contributed by atoms with Crippen molar-refractivity contribution in [1.29, 1.82) is 0 Å². The Morgan fingerprint density at radius 3 is 2.70 bits per heavy atom. The molecule has 0 aromatic heterocycles. The van der Waals surface area contributed by atoms with E-state index < -0.39 is 0 Å². The van der Waals surface area contributed by atoms with Gasteiger partial charge in [-0.05, 0) is 45.4 Å². The molecule has 0 radical (unpaired) electrons. The normalized spacial score (nSPS) is 20.6. The van der Waals surface area contributed by atoms with Crippen molar-refractivity contribution in [3.63, 3.8) is 0 Å². The van der Waals surface area contributed by atoms with Gasteiger partial charge in [0.1, 0.15) is 0 Å². The van der Waals surface area contributed by atoms with Crippen LogP contribution < -0.4 is 5.32 Å². The van der Waals surface area contributed by atoms with Crippen molar-refractivity contribution in [2.24, 2.45) is 10.9 Å². The monoisotopic (exact) mass is 274 g/mol. The van der Waals surface area contributed by atoms with Gasteiger partial charge < -0.3 is 5.32 Å². The van der Waals surface area contributed by atoms with E-state index in [1.807, 2.05) is 6.92 Å². The molecule has 2 heteroatoms. The molecule has 0 aliphatic heterocycles. The molecule has 0 bridgehead atoms. The van der Waals surface area contributed by atoms with E-state index in [-0.39, 0.29) is 6.04 Å². The Kier molecular flexibility index (Phi) is 7.35. The van der Waals surface area contributed by atoms with Crippen LogP contribution in [0.25, 0.3) is 0 Å². The summed E-state index contributed by atoms with van der Waals surface area (Å²) in [6.07, 6.45) is 10.6. The Labute approximate surface area is 124 Å². The van der Waals surface area contributed by atoms with Crippen LogP contribution in [0.15, 0.2) is 41.6 Å². The summed E-state index contributed by atoms with van der Waals surface area (Å²) >= 11 is 0. The minimum atomic E-state index is 0.230. The largest absolute Gasteiger partial charge is 0.383 e. The second-order valence-electron chi connectivity index (χ2n) is 5.84. The zero-order valence-corrected chi connectivity index (χ0v) is 13.4. The van der Waals surface area contributed by atoms with Crippen molar-refractivity contribution in [3.8, 4) is 0 Å². The highest BCUT2D eigenvalue weighted by atomic mass is 14.9. The van der Waals surface area contributed by atoms with Crippen LogP contribution in [0, 0.1) is 5.92 Å². The molecule has 2 atom stereocenters. The Hall–Kier alpha value is -1.31. The Morgan fingerprint density at radius 1 is 1.40 bits per heavy atom. The first-order chi connectivity index (χ1) is 9.54. The lowest BCUT2D eigenvalue weighted by atomic mass is 9.96. The summed E-state index contributed by atoms with van der Waals surface area (Å²) in [5.74, 6) is 0.640. The summed E-state index contributed by atoms with van der Waals surface area (Å²) < 4.78 is 0. The fourth-order valence-electron chi connectivity index (χ4n) is 2.44. The fraction of sp³-hybridized carbons (Fsp3) is 0.611. The maximum Gasteiger partial charge on any atom is 0.0707 e. The number of rotatable bonds is 8. The smallest absolute Gasteiger partial charge is 0.0707 e. The zero-order valence-electron chi connectivity index (χ0n) is 13.4. The van der Waals surface area contributed by atoms with Crippen LogP contribution in [0.2, 0.25) is 0 Å². The molecule has 0 spiro atoms. The van der Waals surface area contributed by atoms with E-state index in [0.29, 0.717) is 5.92 Å². The molecule has 0 saturated carbocycles. The molecule has 1 aliphatic rings. The van der Waals surface area contributed by atoms with E-state index in [1.54, 1.807) is 0 Å². The maximum absolute atomic E-state index is 4.77. The molecule has 20 heavy (non-hydrogen) atoms. The topological polar surface area (TPSA) is 24.4 Å². The molecule has 0 aromatic rings. The van der Waals surface area contributed by atoms with Crippen LogP contribution in [0.3, 0.4) is 0 Å². The first-order valence-corrected chi connectivity index (χ1v) is 7.84. The maximum atomic E-state index is 4.77. The standard InChI is InChI=1S/C18H30N2/c1-6-10-18(14(2)3)20-16(5)15(4)19-13-17-11-8-7-9-12-17/h8,11,17-19H,2,4,6-7,9-10,12-13H2,1,3,5H3/b20-16+. The lowest BCUT2D eigenvalue weighted by Crippen LogP contribution is -2.25. The average Bonchev–Trinajstić information content (AvgIpc) is 2.45. The summed E-state index contributed by atoms with van der Waals surface area (Å²) in [7, 11) is 0. The molecule has 1 rings (SSSR count). The molecule has 2 unspecified atom stereocenters. The van der Waals surface area contributed by atoms with Crippen molar-refractivity contribution < 1.29 is 0 Å². The minimum Gasteiger partial charge on any atom is -0.383 e. The number of aliphatic imine (C=N–C) groups is 1. The molecule has 112 valence electrons. The van der Waals surface area contributed by atoms with Crippen LogP contribution >= 0.6 is 0 Å². The SMILES string of the molecule is C=C(NCC1C=CCCC1)/C(C)=N/C(CCC)C(=C)C. The van der Waals surface area contributed by atoms with E-state index in [1.165, 1.54) is 19.3 Å². The van der Waals surface area contributed by atoms with Gasteiger partial charge in [0.15, 0.2) is 0 Å². The van der Waals surface area contributed by atoms with Gasteiger partial charge in [0.2, 0.25) is 0 Å². The highest BCUT2D eigenvalue weighted by Crippen LogP contribution is 2.16. The van der Waals surface area contributed by atoms with E-state index in [0.717, 1.165) is 36.4 Å². The van der Waals surface area contributed by atoms with Crippen molar-refractivity contribution in [2.45, 2.75) is 58.9 Å². The quantitative estimate of drug-likeness (QED) is 0.505. The van der Waals surface area contributed by atoms with Gasteiger partial charge in [-0.15, -0.1) is 0 Å². The molecule has 0 aromatic carbocycles. The average molecular weight is 274 g/mol. The molecule has 2 nitrogen and oxygen atoms in total. The molecule has 0 heterocycles.